The van der Waals surface area contributed by atoms with Gasteiger partial charge in [0.1, 0.15) is 0 Å². The number of nitrogens with one attached hydrogen (secondary N) is 1. The van der Waals surface area contributed by atoms with Crippen LogP contribution in [0.5, 0.6) is 0 Å². The lowest BCUT2D eigenvalue weighted by atomic mass is 10.1. The second-order valence-corrected chi connectivity index (χ2v) is 4.23. The monoisotopic (exact) mass is 302 g/mol. The van der Waals surface area contributed by atoms with E-state index in [4.69, 9.17) is 4.74 Å². The Morgan fingerprint density at radius 2 is 1.89 bits per heavy atom. The fraction of sp³-hybridized carbons (Fsp3) is 0.917. The normalized spacial score (nSPS) is 11.2. The lowest BCUT2D eigenvalue weighted by Crippen LogP contribution is -2.30. The summed E-state index contributed by atoms with van der Waals surface area (Å²) in [4.78, 5) is 13.4. The van der Waals surface area contributed by atoms with Crippen molar-refractivity contribution in [1.29, 1.82) is 0 Å². The number of rotatable bonds is 8. The molecule has 0 aliphatic rings. The molecule has 1 amide bonds. The predicted molar refractivity (Wildman–Crippen MR) is 81.1 cm³/mol. The molecule has 1 unspecified atom stereocenters. The molecule has 0 bridgehead atoms. The molecule has 0 saturated heterocycles. The Labute approximate surface area is 124 Å². The van der Waals surface area contributed by atoms with E-state index in [1.807, 2.05) is 0 Å². The van der Waals surface area contributed by atoms with Gasteiger partial charge in [-0.15, -0.1) is 24.8 Å². The van der Waals surface area contributed by atoms with E-state index in [-0.39, 0.29) is 30.9 Å². The lowest BCUT2D eigenvalue weighted by Gasteiger charge is -2.22. The molecule has 112 valence electrons. The number of unbranched alkanes of at least 4 members (excludes halogenated alkanes) is 1. The maximum absolute atomic E-state index is 11.2. The zero-order chi connectivity index (χ0) is 12.4. The van der Waals surface area contributed by atoms with Gasteiger partial charge in [0.25, 0.3) is 0 Å². The van der Waals surface area contributed by atoms with Gasteiger partial charge in [-0.3, -0.25) is 0 Å². The summed E-state index contributed by atoms with van der Waals surface area (Å²) in [5.41, 5.74) is 0. The van der Waals surface area contributed by atoms with Crippen LogP contribution >= 0.6 is 24.8 Å². The van der Waals surface area contributed by atoms with Crippen molar-refractivity contribution in [1.82, 2.24) is 10.2 Å². The van der Waals surface area contributed by atoms with Gasteiger partial charge in [0.05, 0.1) is 6.61 Å². The Hall–Kier alpha value is -0.190. The molecule has 0 spiro atoms. The summed E-state index contributed by atoms with van der Waals surface area (Å²) in [6.45, 7) is 5.44. The number of carbonyl (C=O) groups is 1. The maximum atomic E-state index is 11.2. The zero-order valence-electron chi connectivity index (χ0n) is 11.9. The number of hydrogen-bond acceptors (Lipinski definition) is 3. The van der Waals surface area contributed by atoms with Crippen molar-refractivity contribution in [3.05, 3.63) is 0 Å². The summed E-state index contributed by atoms with van der Waals surface area (Å²) in [6.07, 6.45) is 3.77. The van der Waals surface area contributed by atoms with Crippen LogP contribution in [0, 0.1) is 0 Å². The highest BCUT2D eigenvalue weighted by atomic mass is 35.5. The first kappa shape index (κ1) is 22.9. The van der Waals surface area contributed by atoms with Crippen molar-refractivity contribution in [3.8, 4) is 0 Å². The van der Waals surface area contributed by atoms with Crippen molar-refractivity contribution in [2.45, 2.75) is 45.6 Å². The Balaban J connectivity index is -0.00000112. The third-order valence-electron chi connectivity index (χ3n) is 2.69. The van der Waals surface area contributed by atoms with E-state index in [1.54, 1.807) is 0 Å². The maximum Gasteiger partial charge on any atom is 0.407 e. The average Bonchev–Trinajstić information content (AvgIpc) is 2.24. The molecule has 18 heavy (non-hydrogen) atoms. The molecular formula is C12H28Cl2N2O2. The summed E-state index contributed by atoms with van der Waals surface area (Å²) in [5, 5.41) is 2.73. The number of hydrogen-bond donors (Lipinski definition) is 1. The third kappa shape index (κ3) is 12.3. The lowest BCUT2D eigenvalue weighted by molar-refractivity contribution is 0.131. The first-order valence-electron chi connectivity index (χ1n) is 6.18. The highest BCUT2D eigenvalue weighted by Crippen LogP contribution is 2.04. The molecule has 0 radical (unpaired) electrons. The fourth-order valence-electron chi connectivity index (χ4n) is 1.53. The summed E-state index contributed by atoms with van der Waals surface area (Å²) in [5.74, 6) is 0. The van der Waals surface area contributed by atoms with Crippen LogP contribution < -0.4 is 5.32 Å². The molecule has 0 heterocycles. The molecule has 0 aromatic heterocycles. The molecule has 0 aliphatic carbocycles. The SMILES string of the molecule is CCCCNC(=O)OCCC(CC)N(C)C.Cl.Cl. The smallest absolute Gasteiger partial charge is 0.407 e. The summed E-state index contributed by atoms with van der Waals surface area (Å²) < 4.78 is 5.09. The minimum atomic E-state index is -0.290. The molecule has 4 nitrogen and oxygen atoms in total. The first-order chi connectivity index (χ1) is 7.61. The number of carbonyl (C=O) groups excluding carboxylic acids is 1. The summed E-state index contributed by atoms with van der Waals surface area (Å²) in [6, 6.07) is 0.489. The van der Waals surface area contributed by atoms with E-state index in [1.165, 1.54) is 0 Å². The number of halogens is 2. The quantitative estimate of drug-likeness (QED) is 0.701. The second-order valence-electron chi connectivity index (χ2n) is 4.23. The minimum Gasteiger partial charge on any atom is -0.450 e. The third-order valence-corrected chi connectivity index (χ3v) is 2.69. The van der Waals surface area contributed by atoms with Crippen molar-refractivity contribution in [2.24, 2.45) is 0 Å². The van der Waals surface area contributed by atoms with Crippen LogP contribution in [0.1, 0.15) is 39.5 Å². The number of nitrogens with zero attached hydrogens (tertiary/aromatic N) is 1. The summed E-state index contributed by atoms with van der Waals surface area (Å²) in [7, 11) is 4.10. The Morgan fingerprint density at radius 1 is 1.28 bits per heavy atom. The molecule has 0 fully saturated rings. The van der Waals surface area contributed by atoms with E-state index in [0.29, 0.717) is 19.2 Å². The van der Waals surface area contributed by atoms with Crippen molar-refractivity contribution in [2.75, 3.05) is 27.2 Å². The molecule has 0 aromatic rings. The van der Waals surface area contributed by atoms with Crippen LogP contribution in [0.25, 0.3) is 0 Å². The molecule has 6 heteroatoms. The van der Waals surface area contributed by atoms with Gasteiger partial charge in [0.2, 0.25) is 0 Å². The average molecular weight is 303 g/mol. The molecule has 0 saturated carbocycles. The van der Waals surface area contributed by atoms with Gasteiger partial charge in [-0.1, -0.05) is 20.3 Å². The van der Waals surface area contributed by atoms with Crippen molar-refractivity contribution < 1.29 is 9.53 Å². The molecule has 0 rings (SSSR count). The van der Waals surface area contributed by atoms with Crippen LogP contribution in [0.2, 0.25) is 0 Å². The highest BCUT2D eigenvalue weighted by molar-refractivity contribution is 5.85. The van der Waals surface area contributed by atoms with E-state index in [2.05, 4.69) is 38.2 Å². The molecule has 1 atom stereocenters. The largest absolute Gasteiger partial charge is 0.450 e. The van der Waals surface area contributed by atoms with Gasteiger partial charge in [0.15, 0.2) is 0 Å². The number of amides is 1. The van der Waals surface area contributed by atoms with Crippen molar-refractivity contribution >= 4 is 30.9 Å². The standard InChI is InChI=1S/C12H26N2O2.2ClH/c1-5-7-9-13-12(15)16-10-8-11(6-2)14(3)4;;/h11H,5-10H2,1-4H3,(H,13,15);2*1H. The van der Waals surface area contributed by atoms with Gasteiger partial charge in [-0.25, -0.2) is 4.79 Å². The molecular weight excluding hydrogens is 275 g/mol. The van der Waals surface area contributed by atoms with Crippen LogP contribution in [0.15, 0.2) is 0 Å². The van der Waals surface area contributed by atoms with E-state index in [0.717, 1.165) is 25.7 Å². The first-order valence-corrected chi connectivity index (χ1v) is 6.18. The molecule has 0 aliphatic heterocycles. The van der Waals surface area contributed by atoms with Gasteiger partial charge in [0, 0.05) is 12.6 Å². The Bertz CT molecular complexity index is 193. The van der Waals surface area contributed by atoms with Crippen molar-refractivity contribution in [3.63, 3.8) is 0 Å². The van der Waals surface area contributed by atoms with E-state index >= 15 is 0 Å². The minimum absolute atomic E-state index is 0. The Kier molecular flexibility index (Phi) is 19.0. The van der Waals surface area contributed by atoms with Gasteiger partial charge in [-0.05, 0) is 33.4 Å². The Morgan fingerprint density at radius 3 is 2.33 bits per heavy atom. The van der Waals surface area contributed by atoms with E-state index in [9.17, 15) is 4.79 Å². The summed E-state index contributed by atoms with van der Waals surface area (Å²) >= 11 is 0. The molecule has 1 N–H and O–H groups in total. The topological polar surface area (TPSA) is 41.6 Å². The number of ether oxygens (including phenoxy) is 1. The van der Waals surface area contributed by atoms with Gasteiger partial charge in [-0.2, -0.15) is 0 Å². The fourth-order valence-corrected chi connectivity index (χ4v) is 1.53. The van der Waals surface area contributed by atoms with Crippen LogP contribution in [0.3, 0.4) is 0 Å². The van der Waals surface area contributed by atoms with Gasteiger partial charge >= 0.3 is 6.09 Å². The molecule has 0 aromatic carbocycles. The van der Waals surface area contributed by atoms with Crippen LogP contribution in [0.4, 0.5) is 4.79 Å². The highest BCUT2D eigenvalue weighted by Gasteiger charge is 2.09. The van der Waals surface area contributed by atoms with Crippen LogP contribution in [-0.4, -0.2) is 44.3 Å². The van der Waals surface area contributed by atoms with Crippen LogP contribution in [-0.2, 0) is 4.74 Å². The second kappa shape index (κ2) is 14.9. The predicted octanol–water partition coefficient (Wildman–Crippen LogP) is 3.09. The van der Waals surface area contributed by atoms with E-state index < -0.39 is 0 Å². The number of alkyl carbamates (subject to hydrolysis) is 1. The van der Waals surface area contributed by atoms with Gasteiger partial charge < -0.3 is 15.0 Å². The zero-order valence-corrected chi connectivity index (χ0v) is 13.5.